The number of hydrogen-bond acceptors (Lipinski definition) is 4. The predicted molar refractivity (Wildman–Crippen MR) is 125 cm³/mol. The van der Waals surface area contributed by atoms with E-state index in [0.29, 0.717) is 24.1 Å². The molecule has 2 aliphatic rings. The van der Waals surface area contributed by atoms with Crippen molar-refractivity contribution in [3.8, 4) is 0 Å². The van der Waals surface area contributed by atoms with Crippen LogP contribution >= 0.6 is 12.2 Å². The first-order valence-electron chi connectivity index (χ1n) is 11.2. The predicted octanol–water partition coefficient (Wildman–Crippen LogP) is 4.54. The maximum absolute atomic E-state index is 11.9. The highest BCUT2D eigenvalue weighted by atomic mass is 32.1. The smallest absolute Gasteiger partial charge is 0.307 e. The third-order valence-corrected chi connectivity index (χ3v) is 7.12. The third kappa shape index (κ3) is 4.33. The van der Waals surface area contributed by atoms with Crippen LogP contribution in [0.4, 0.5) is 0 Å². The number of ether oxygens (including phenoxy) is 1. The summed E-state index contributed by atoms with van der Waals surface area (Å²) in [6, 6.07) is 8.77. The van der Waals surface area contributed by atoms with Gasteiger partial charge < -0.3 is 19.5 Å². The van der Waals surface area contributed by atoms with Gasteiger partial charge in [-0.25, -0.2) is 0 Å². The molecule has 4 rings (SSSR count). The van der Waals surface area contributed by atoms with Crippen LogP contribution in [-0.2, 0) is 9.53 Å². The number of hydrogen-bond donors (Lipinski definition) is 1. The lowest BCUT2D eigenvalue weighted by atomic mass is 9.94. The van der Waals surface area contributed by atoms with Crippen molar-refractivity contribution in [1.82, 2.24) is 19.8 Å². The first kappa shape index (κ1) is 21.8. The summed E-state index contributed by atoms with van der Waals surface area (Å²) < 4.78 is 7.41. The van der Waals surface area contributed by atoms with Crippen molar-refractivity contribution >= 4 is 23.3 Å². The summed E-state index contributed by atoms with van der Waals surface area (Å²) >= 11 is 5.72. The molecule has 3 heterocycles. The summed E-state index contributed by atoms with van der Waals surface area (Å²) in [6.45, 7) is 4.95. The number of aryl methyl sites for hydroxylation is 1. The number of pyridine rings is 1. The lowest BCUT2D eigenvalue weighted by molar-refractivity contribution is -0.140. The molecule has 1 saturated heterocycles. The average Bonchev–Trinajstić information content (AvgIpc) is 3.28. The molecule has 0 unspecified atom stereocenters. The molecule has 2 aromatic rings. The first-order valence-corrected chi connectivity index (χ1v) is 11.6. The molecule has 0 spiro atoms. The van der Waals surface area contributed by atoms with E-state index in [1.54, 1.807) is 0 Å². The van der Waals surface area contributed by atoms with E-state index in [1.807, 2.05) is 24.4 Å². The first-order chi connectivity index (χ1) is 15.0. The van der Waals surface area contributed by atoms with E-state index in [4.69, 9.17) is 17.0 Å². The Hall–Kier alpha value is -2.41. The molecule has 166 valence electrons. The van der Waals surface area contributed by atoms with E-state index in [9.17, 15) is 4.79 Å². The highest BCUT2D eigenvalue weighted by Gasteiger charge is 2.41. The van der Waals surface area contributed by atoms with Crippen LogP contribution in [0.3, 0.4) is 0 Å². The van der Waals surface area contributed by atoms with Gasteiger partial charge in [0.25, 0.3) is 0 Å². The normalized spacial score (nSPS) is 21.9. The number of carbonyl (C=O) groups is 1. The summed E-state index contributed by atoms with van der Waals surface area (Å²) in [5, 5.41) is 4.14. The van der Waals surface area contributed by atoms with E-state index in [1.165, 1.54) is 56.2 Å². The number of nitrogens with zero attached hydrogens (tertiary/aromatic N) is 3. The maximum atomic E-state index is 11.9. The minimum absolute atomic E-state index is 0.0180. The second-order valence-electron chi connectivity index (χ2n) is 8.63. The summed E-state index contributed by atoms with van der Waals surface area (Å²) in [5.41, 5.74) is 4.81. The fourth-order valence-electron chi connectivity index (χ4n) is 5.30. The number of aromatic nitrogens is 2. The van der Waals surface area contributed by atoms with Gasteiger partial charge in [0.2, 0.25) is 0 Å². The molecule has 1 aliphatic carbocycles. The monoisotopic (exact) mass is 440 g/mol. The van der Waals surface area contributed by atoms with Gasteiger partial charge in [-0.05, 0) is 62.7 Å². The minimum atomic E-state index is -0.226. The molecule has 1 aliphatic heterocycles. The SMILES string of the molecule is COC(=O)CCN1C(=S)N[C@H](c2ccccn2)[C@@H]1c1cc(C)n(C2CCCCC2)c1C. The Morgan fingerprint density at radius 1 is 1.26 bits per heavy atom. The number of thiocarbonyl (C=S) groups is 1. The van der Waals surface area contributed by atoms with Crippen LogP contribution in [0, 0.1) is 13.8 Å². The van der Waals surface area contributed by atoms with Crippen LogP contribution in [0.15, 0.2) is 30.5 Å². The fourth-order valence-corrected chi connectivity index (χ4v) is 5.63. The van der Waals surface area contributed by atoms with Crippen LogP contribution in [0.5, 0.6) is 0 Å². The Morgan fingerprint density at radius 2 is 2.03 bits per heavy atom. The van der Waals surface area contributed by atoms with E-state index < -0.39 is 0 Å². The number of methoxy groups -OCH3 is 1. The van der Waals surface area contributed by atoms with Crippen molar-refractivity contribution in [2.24, 2.45) is 0 Å². The Balaban J connectivity index is 1.73. The zero-order valence-corrected chi connectivity index (χ0v) is 19.5. The Bertz CT molecular complexity index is 937. The van der Waals surface area contributed by atoms with Crippen molar-refractivity contribution in [2.45, 2.75) is 70.5 Å². The third-order valence-electron chi connectivity index (χ3n) is 6.76. The summed E-state index contributed by atoms with van der Waals surface area (Å²) in [4.78, 5) is 18.6. The summed E-state index contributed by atoms with van der Waals surface area (Å²) in [5.74, 6) is -0.226. The highest BCUT2D eigenvalue weighted by Crippen LogP contribution is 2.42. The molecule has 0 radical (unpaired) electrons. The van der Waals surface area contributed by atoms with Gasteiger partial charge in [0.05, 0.1) is 31.3 Å². The van der Waals surface area contributed by atoms with Crippen LogP contribution in [0.25, 0.3) is 0 Å². The fraction of sp³-hybridized carbons (Fsp3) is 0.542. The van der Waals surface area contributed by atoms with Crippen LogP contribution in [0.2, 0.25) is 0 Å². The quantitative estimate of drug-likeness (QED) is 0.526. The molecule has 0 bridgehead atoms. The number of nitrogens with one attached hydrogen (secondary N) is 1. The zero-order valence-electron chi connectivity index (χ0n) is 18.6. The van der Waals surface area contributed by atoms with Gasteiger partial charge in [-0.1, -0.05) is 25.3 Å². The van der Waals surface area contributed by atoms with Crippen molar-refractivity contribution in [3.05, 3.63) is 53.1 Å². The molecular formula is C24H32N4O2S. The van der Waals surface area contributed by atoms with Crippen molar-refractivity contribution < 1.29 is 9.53 Å². The molecule has 7 heteroatoms. The second kappa shape index (κ2) is 9.39. The van der Waals surface area contributed by atoms with E-state index in [0.717, 1.165) is 5.69 Å². The highest BCUT2D eigenvalue weighted by molar-refractivity contribution is 7.80. The number of carbonyl (C=O) groups excluding carboxylic acids is 1. The lowest BCUT2D eigenvalue weighted by Gasteiger charge is -2.29. The molecule has 1 N–H and O–H groups in total. The molecule has 2 aromatic heterocycles. The second-order valence-corrected chi connectivity index (χ2v) is 9.02. The zero-order chi connectivity index (χ0) is 22.0. The maximum Gasteiger partial charge on any atom is 0.307 e. The van der Waals surface area contributed by atoms with Gasteiger partial charge in [-0.15, -0.1) is 0 Å². The van der Waals surface area contributed by atoms with Gasteiger partial charge in [0.1, 0.15) is 0 Å². The standard InChI is InChI=1S/C24H32N4O2S/c1-16-15-19(17(2)28(16)18-9-5-4-6-10-18)23-22(20-11-7-8-13-25-20)26-24(31)27(23)14-12-21(29)30-3/h7-8,11,13,15,18,22-23H,4-6,9-10,12,14H2,1-3H3,(H,26,31)/t22-,23+/m1/s1. The van der Waals surface area contributed by atoms with Gasteiger partial charge in [0.15, 0.2) is 5.11 Å². The van der Waals surface area contributed by atoms with E-state index in [-0.39, 0.29) is 18.1 Å². The molecule has 1 saturated carbocycles. The van der Waals surface area contributed by atoms with Crippen molar-refractivity contribution in [2.75, 3.05) is 13.7 Å². The Kier molecular flexibility index (Phi) is 6.60. The van der Waals surface area contributed by atoms with Crippen LogP contribution in [-0.4, -0.2) is 39.2 Å². The Morgan fingerprint density at radius 3 is 2.71 bits per heavy atom. The topological polar surface area (TPSA) is 59.4 Å². The number of esters is 1. The molecular weight excluding hydrogens is 408 g/mol. The Labute approximate surface area is 190 Å². The van der Waals surface area contributed by atoms with E-state index >= 15 is 0 Å². The number of rotatable bonds is 6. The van der Waals surface area contributed by atoms with Crippen molar-refractivity contribution in [1.29, 1.82) is 0 Å². The van der Waals surface area contributed by atoms with Gasteiger partial charge >= 0.3 is 5.97 Å². The summed E-state index contributed by atoms with van der Waals surface area (Å²) in [6.07, 6.45) is 8.54. The largest absolute Gasteiger partial charge is 0.469 e. The molecule has 0 amide bonds. The van der Waals surface area contributed by atoms with Gasteiger partial charge in [-0.3, -0.25) is 9.78 Å². The van der Waals surface area contributed by atoms with Crippen LogP contribution < -0.4 is 5.32 Å². The lowest BCUT2D eigenvalue weighted by Crippen LogP contribution is -2.32. The molecule has 6 nitrogen and oxygen atoms in total. The minimum Gasteiger partial charge on any atom is -0.469 e. The van der Waals surface area contributed by atoms with Crippen molar-refractivity contribution in [3.63, 3.8) is 0 Å². The van der Waals surface area contributed by atoms with Gasteiger partial charge in [-0.2, -0.15) is 0 Å². The van der Waals surface area contributed by atoms with Gasteiger partial charge in [0, 0.05) is 30.2 Å². The molecule has 2 fully saturated rings. The molecule has 31 heavy (non-hydrogen) atoms. The van der Waals surface area contributed by atoms with E-state index in [2.05, 4.69) is 39.7 Å². The average molecular weight is 441 g/mol. The molecule has 0 aromatic carbocycles. The summed E-state index contributed by atoms with van der Waals surface area (Å²) in [7, 11) is 1.43. The van der Waals surface area contributed by atoms with Crippen LogP contribution in [0.1, 0.15) is 79.3 Å². The molecule has 2 atom stereocenters.